The van der Waals surface area contributed by atoms with Gasteiger partial charge in [0.25, 0.3) is 0 Å². The number of aliphatic hydroxyl groups is 1. The van der Waals surface area contributed by atoms with Crippen molar-refractivity contribution < 1.29 is 14.9 Å². The number of ether oxygens (including phenoxy) is 1. The van der Waals surface area contributed by atoms with Crippen molar-refractivity contribution in [3.8, 4) is 11.5 Å². The summed E-state index contributed by atoms with van der Waals surface area (Å²) in [5, 5.41) is 19.0. The van der Waals surface area contributed by atoms with E-state index in [1.165, 1.54) is 25.9 Å². The quantitative estimate of drug-likeness (QED) is 0.724. The van der Waals surface area contributed by atoms with Crippen LogP contribution in [0.3, 0.4) is 0 Å². The number of benzene rings is 2. The first-order valence-corrected chi connectivity index (χ1v) is 9.33. The Bertz CT molecular complexity index is 669. The summed E-state index contributed by atoms with van der Waals surface area (Å²) in [6.45, 7) is 5.34. The molecule has 1 aliphatic heterocycles. The van der Waals surface area contributed by atoms with Crippen molar-refractivity contribution in [3.05, 3.63) is 54.1 Å². The number of hydrogen-bond donors (Lipinski definition) is 2. The number of anilines is 1. The standard InChI is InChI=1S/C21H28N2O3/c24-14-12-23(19-4-3-5-20(25)16-19)17-18-6-8-21(9-7-18)26-15-13-22-10-1-2-11-22/h3-9,16,24-25H,1-2,10-15,17H2. The minimum Gasteiger partial charge on any atom is -0.508 e. The normalized spacial score (nSPS) is 14.5. The Kier molecular flexibility index (Phi) is 6.75. The van der Waals surface area contributed by atoms with E-state index in [1.807, 2.05) is 29.2 Å². The number of phenolic OH excluding ortho intramolecular Hbond substituents is 1. The number of rotatable bonds is 9. The number of aromatic hydroxyl groups is 1. The Hall–Kier alpha value is -2.24. The molecule has 2 N–H and O–H groups in total. The van der Waals surface area contributed by atoms with Crippen LogP contribution in [0.5, 0.6) is 11.5 Å². The first-order valence-electron chi connectivity index (χ1n) is 9.33. The van der Waals surface area contributed by atoms with E-state index in [4.69, 9.17) is 4.74 Å². The number of nitrogens with zero attached hydrogens (tertiary/aromatic N) is 2. The maximum Gasteiger partial charge on any atom is 0.119 e. The summed E-state index contributed by atoms with van der Waals surface area (Å²) in [7, 11) is 0. The van der Waals surface area contributed by atoms with Gasteiger partial charge in [-0.05, 0) is 55.8 Å². The highest BCUT2D eigenvalue weighted by atomic mass is 16.5. The molecule has 5 nitrogen and oxygen atoms in total. The van der Waals surface area contributed by atoms with E-state index in [2.05, 4.69) is 17.0 Å². The second kappa shape index (κ2) is 9.46. The highest BCUT2D eigenvalue weighted by Gasteiger charge is 2.11. The summed E-state index contributed by atoms with van der Waals surface area (Å²) in [6.07, 6.45) is 2.61. The Morgan fingerprint density at radius 1 is 1.04 bits per heavy atom. The monoisotopic (exact) mass is 356 g/mol. The molecule has 140 valence electrons. The molecule has 26 heavy (non-hydrogen) atoms. The molecule has 0 radical (unpaired) electrons. The van der Waals surface area contributed by atoms with Crippen molar-refractivity contribution in [1.82, 2.24) is 4.90 Å². The summed E-state index contributed by atoms with van der Waals surface area (Å²) in [4.78, 5) is 4.49. The number of phenols is 1. The van der Waals surface area contributed by atoms with Gasteiger partial charge in [-0.25, -0.2) is 0 Å². The summed E-state index contributed by atoms with van der Waals surface area (Å²) in [5.41, 5.74) is 2.03. The summed E-state index contributed by atoms with van der Waals surface area (Å²) in [6, 6.07) is 15.2. The minimum atomic E-state index is 0.0628. The third kappa shape index (κ3) is 5.38. The first-order chi connectivity index (χ1) is 12.7. The van der Waals surface area contributed by atoms with Crippen LogP contribution in [0.4, 0.5) is 5.69 Å². The molecule has 3 rings (SSSR count). The zero-order valence-corrected chi connectivity index (χ0v) is 15.2. The van der Waals surface area contributed by atoms with Gasteiger partial charge in [0.2, 0.25) is 0 Å². The SMILES string of the molecule is OCCN(Cc1ccc(OCCN2CCCC2)cc1)c1cccc(O)c1. The van der Waals surface area contributed by atoms with E-state index in [0.29, 0.717) is 13.1 Å². The van der Waals surface area contributed by atoms with E-state index in [0.717, 1.165) is 30.2 Å². The highest BCUT2D eigenvalue weighted by molar-refractivity contribution is 5.51. The summed E-state index contributed by atoms with van der Waals surface area (Å²) < 4.78 is 5.85. The van der Waals surface area contributed by atoms with Gasteiger partial charge < -0.3 is 19.8 Å². The minimum absolute atomic E-state index is 0.0628. The molecule has 1 fully saturated rings. The van der Waals surface area contributed by atoms with Crippen LogP contribution in [-0.2, 0) is 6.54 Å². The lowest BCUT2D eigenvalue weighted by molar-refractivity contribution is 0.238. The third-order valence-electron chi connectivity index (χ3n) is 4.74. The smallest absolute Gasteiger partial charge is 0.119 e. The maximum absolute atomic E-state index is 9.68. The zero-order valence-electron chi connectivity index (χ0n) is 15.2. The predicted octanol–water partition coefficient (Wildman–Crippen LogP) is 2.87. The molecule has 0 amide bonds. The van der Waals surface area contributed by atoms with E-state index in [-0.39, 0.29) is 12.4 Å². The number of hydrogen-bond acceptors (Lipinski definition) is 5. The average molecular weight is 356 g/mol. The fourth-order valence-corrected chi connectivity index (χ4v) is 3.32. The number of likely N-dealkylation sites (tertiary alicyclic amines) is 1. The van der Waals surface area contributed by atoms with Gasteiger partial charge in [0.15, 0.2) is 0 Å². The second-order valence-corrected chi connectivity index (χ2v) is 6.71. The molecule has 1 saturated heterocycles. The van der Waals surface area contributed by atoms with Crippen LogP contribution in [0.2, 0.25) is 0 Å². The Morgan fingerprint density at radius 3 is 2.50 bits per heavy atom. The fourth-order valence-electron chi connectivity index (χ4n) is 3.32. The van der Waals surface area contributed by atoms with Gasteiger partial charge >= 0.3 is 0 Å². The van der Waals surface area contributed by atoms with E-state index in [9.17, 15) is 10.2 Å². The topological polar surface area (TPSA) is 56.2 Å². The lowest BCUT2D eigenvalue weighted by Gasteiger charge is -2.24. The van der Waals surface area contributed by atoms with Crippen molar-refractivity contribution >= 4 is 5.69 Å². The van der Waals surface area contributed by atoms with Crippen molar-refractivity contribution in [3.63, 3.8) is 0 Å². The average Bonchev–Trinajstić information content (AvgIpc) is 3.16. The fraction of sp³-hybridized carbons (Fsp3) is 0.429. The van der Waals surface area contributed by atoms with Crippen LogP contribution >= 0.6 is 0 Å². The molecule has 0 unspecified atom stereocenters. The van der Waals surface area contributed by atoms with Gasteiger partial charge in [0, 0.05) is 31.4 Å². The van der Waals surface area contributed by atoms with Gasteiger partial charge in [0.05, 0.1) is 6.61 Å². The maximum atomic E-state index is 9.68. The molecule has 0 bridgehead atoms. The molecule has 0 aromatic heterocycles. The molecule has 2 aromatic carbocycles. The largest absolute Gasteiger partial charge is 0.508 e. The summed E-state index contributed by atoms with van der Waals surface area (Å²) >= 11 is 0. The van der Waals surface area contributed by atoms with E-state index in [1.54, 1.807) is 12.1 Å². The molecule has 0 saturated carbocycles. The Balaban J connectivity index is 1.54. The van der Waals surface area contributed by atoms with Crippen molar-refractivity contribution in [1.29, 1.82) is 0 Å². The molecular weight excluding hydrogens is 328 g/mol. The van der Waals surface area contributed by atoms with Crippen LogP contribution in [0, 0.1) is 0 Å². The molecular formula is C21H28N2O3. The zero-order chi connectivity index (χ0) is 18.2. The van der Waals surface area contributed by atoms with Crippen molar-refractivity contribution in [2.24, 2.45) is 0 Å². The van der Waals surface area contributed by atoms with Crippen molar-refractivity contribution in [2.45, 2.75) is 19.4 Å². The number of aliphatic hydroxyl groups excluding tert-OH is 1. The van der Waals surface area contributed by atoms with Crippen LogP contribution in [0.1, 0.15) is 18.4 Å². The van der Waals surface area contributed by atoms with Crippen LogP contribution in [-0.4, -0.2) is 54.5 Å². The van der Waals surface area contributed by atoms with Crippen LogP contribution in [0.25, 0.3) is 0 Å². The van der Waals surface area contributed by atoms with Crippen molar-refractivity contribution in [2.75, 3.05) is 44.3 Å². The van der Waals surface area contributed by atoms with Gasteiger partial charge in [0.1, 0.15) is 18.1 Å². The molecule has 0 atom stereocenters. The second-order valence-electron chi connectivity index (χ2n) is 6.71. The molecule has 1 heterocycles. The van der Waals surface area contributed by atoms with Gasteiger partial charge in [-0.1, -0.05) is 18.2 Å². The van der Waals surface area contributed by atoms with Crippen LogP contribution < -0.4 is 9.64 Å². The van der Waals surface area contributed by atoms with E-state index >= 15 is 0 Å². The summed E-state index contributed by atoms with van der Waals surface area (Å²) in [5.74, 6) is 1.12. The third-order valence-corrected chi connectivity index (χ3v) is 4.74. The predicted molar refractivity (Wildman–Crippen MR) is 104 cm³/mol. The lowest BCUT2D eigenvalue weighted by atomic mass is 10.2. The highest BCUT2D eigenvalue weighted by Crippen LogP contribution is 2.22. The Labute approximate surface area is 155 Å². The Morgan fingerprint density at radius 2 is 1.81 bits per heavy atom. The van der Waals surface area contributed by atoms with Gasteiger partial charge in [-0.15, -0.1) is 0 Å². The molecule has 0 aliphatic carbocycles. The molecule has 0 spiro atoms. The van der Waals surface area contributed by atoms with Gasteiger partial charge in [-0.3, -0.25) is 4.90 Å². The molecule has 5 heteroatoms. The first kappa shape index (κ1) is 18.5. The lowest BCUT2D eigenvalue weighted by Crippen LogP contribution is -2.26. The van der Waals surface area contributed by atoms with Crippen LogP contribution in [0.15, 0.2) is 48.5 Å². The molecule has 2 aromatic rings. The van der Waals surface area contributed by atoms with Gasteiger partial charge in [-0.2, -0.15) is 0 Å². The van der Waals surface area contributed by atoms with E-state index < -0.39 is 0 Å². The molecule has 1 aliphatic rings.